The second-order valence-electron chi connectivity index (χ2n) is 12.7. The average Bonchev–Trinajstić information content (AvgIpc) is 3.76. The van der Waals surface area contributed by atoms with Crippen LogP contribution in [0.4, 0.5) is 0 Å². The second-order valence-corrected chi connectivity index (χ2v) is 12.7. The molecule has 1 saturated heterocycles. The van der Waals surface area contributed by atoms with Gasteiger partial charge in [-0.2, -0.15) is 0 Å². The van der Waals surface area contributed by atoms with Crippen molar-refractivity contribution in [1.29, 1.82) is 0 Å². The van der Waals surface area contributed by atoms with Gasteiger partial charge in [0.1, 0.15) is 11.7 Å². The van der Waals surface area contributed by atoms with E-state index in [1.807, 2.05) is 38.2 Å². The summed E-state index contributed by atoms with van der Waals surface area (Å²) in [5.41, 5.74) is 11.2. The molecule has 3 atom stereocenters. The Kier molecular flexibility index (Phi) is 7.61. The van der Waals surface area contributed by atoms with Crippen molar-refractivity contribution in [1.82, 2.24) is 5.32 Å². The summed E-state index contributed by atoms with van der Waals surface area (Å²) in [6, 6.07) is 0. The van der Waals surface area contributed by atoms with Crippen molar-refractivity contribution in [2.75, 3.05) is 14.2 Å². The number of aliphatic hydroxyl groups is 1. The molecule has 0 aromatic rings. The molecule has 1 fully saturated rings. The Balaban J connectivity index is 1.69. The van der Waals surface area contributed by atoms with Crippen molar-refractivity contribution >= 4 is 29.1 Å². The maximum absolute atomic E-state index is 13.4. The molecule has 2 N–H and O–H groups in total. The molecule has 46 heavy (non-hydrogen) atoms. The summed E-state index contributed by atoms with van der Waals surface area (Å²) in [4.78, 5) is 41.0. The van der Waals surface area contributed by atoms with Crippen LogP contribution in [0.15, 0.2) is 119 Å². The first-order chi connectivity index (χ1) is 21.9. The number of methoxy groups -OCH3 is 2. The van der Waals surface area contributed by atoms with Crippen LogP contribution in [0.3, 0.4) is 0 Å². The molecule has 0 aromatic heterocycles. The van der Waals surface area contributed by atoms with E-state index in [-0.39, 0.29) is 24.1 Å². The topological polar surface area (TPSA) is 122 Å². The molecule has 6 aliphatic rings. The van der Waals surface area contributed by atoms with Crippen molar-refractivity contribution in [2.24, 2.45) is 32.2 Å². The lowest BCUT2D eigenvalue weighted by molar-refractivity contribution is -0.143. The number of carbonyl (C=O) groups is 2. The Morgan fingerprint density at radius 2 is 1.72 bits per heavy atom. The maximum atomic E-state index is 13.4. The number of carbonyl (C=O) groups excluding carboxylic acids is 2. The van der Waals surface area contributed by atoms with E-state index >= 15 is 0 Å². The molecule has 6 rings (SSSR count). The van der Waals surface area contributed by atoms with E-state index < -0.39 is 17.3 Å². The van der Waals surface area contributed by atoms with Crippen LogP contribution < -0.4 is 5.32 Å². The molecule has 0 aromatic carbocycles. The number of allylic oxidation sites excluding steroid dienone is 11. The smallest absolute Gasteiger partial charge is 0.321 e. The van der Waals surface area contributed by atoms with Crippen LogP contribution in [-0.4, -0.2) is 48.4 Å². The SMILES string of the molecule is C=CC1=C(C)C2=NC1=CC1=NC(=CC3=C(C)C4=C(O)[C@H](C(=O)OC)C(=C5NC(=C2)[C@@H](C)[C@]5(C)CCC(=O)OC)C4=N3)C(CC)=C1C. The molecule has 0 spiro atoms. The van der Waals surface area contributed by atoms with Crippen LogP contribution in [0.5, 0.6) is 0 Å². The fourth-order valence-corrected chi connectivity index (χ4v) is 7.39. The average molecular weight is 621 g/mol. The highest BCUT2D eigenvalue weighted by molar-refractivity contribution is 6.24. The van der Waals surface area contributed by atoms with Gasteiger partial charge in [-0.15, -0.1) is 0 Å². The lowest BCUT2D eigenvalue weighted by atomic mass is 9.71. The first-order valence-corrected chi connectivity index (χ1v) is 15.7. The molecule has 5 heterocycles. The van der Waals surface area contributed by atoms with Gasteiger partial charge in [0.15, 0.2) is 0 Å². The van der Waals surface area contributed by atoms with Crippen LogP contribution in [-0.2, 0) is 19.1 Å². The normalized spacial score (nSPS) is 26.6. The Bertz CT molecular complexity index is 1880. The zero-order valence-corrected chi connectivity index (χ0v) is 27.7. The quantitative estimate of drug-likeness (QED) is 0.323. The van der Waals surface area contributed by atoms with Crippen LogP contribution in [0, 0.1) is 17.3 Å². The highest BCUT2D eigenvalue weighted by Gasteiger charge is 2.52. The molecule has 0 amide bonds. The van der Waals surface area contributed by atoms with Gasteiger partial charge < -0.3 is 19.9 Å². The van der Waals surface area contributed by atoms with Crippen LogP contribution in [0.2, 0.25) is 0 Å². The Hall–Kier alpha value is -4.79. The molecule has 1 aliphatic carbocycles. The highest BCUT2D eigenvalue weighted by Crippen LogP contribution is 2.54. The number of nitrogens with zero attached hydrogens (tertiary/aromatic N) is 3. The van der Waals surface area contributed by atoms with Gasteiger partial charge in [0.2, 0.25) is 0 Å². The third-order valence-corrected chi connectivity index (χ3v) is 10.4. The molecule has 238 valence electrons. The summed E-state index contributed by atoms with van der Waals surface area (Å²) in [6.45, 7) is 16.4. The minimum atomic E-state index is -1.08. The van der Waals surface area contributed by atoms with Crippen LogP contribution in [0.1, 0.15) is 60.8 Å². The summed E-state index contributed by atoms with van der Waals surface area (Å²) < 4.78 is 10.3. The number of hydrogen-bond donors (Lipinski definition) is 2. The number of esters is 2. The van der Waals surface area contributed by atoms with Crippen LogP contribution in [0.25, 0.3) is 0 Å². The molecule has 9 nitrogen and oxygen atoms in total. The first-order valence-electron chi connectivity index (χ1n) is 15.7. The van der Waals surface area contributed by atoms with Gasteiger partial charge in [-0.1, -0.05) is 33.4 Å². The zero-order chi connectivity index (χ0) is 33.2. The summed E-state index contributed by atoms with van der Waals surface area (Å²) in [6.07, 6.45) is 9.20. The zero-order valence-electron chi connectivity index (χ0n) is 27.7. The Morgan fingerprint density at radius 1 is 1.02 bits per heavy atom. The summed E-state index contributed by atoms with van der Waals surface area (Å²) >= 11 is 0. The van der Waals surface area contributed by atoms with E-state index in [2.05, 4.69) is 39.6 Å². The van der Waals surface area contributed by atoms with Gasteiger partial charge in [0, 0.05) is 45.9 Å². The fourth-order valence-electron chi connectivity index (χ4n) is 7.39. The Labute approximate surface area is 269 Å². The highest BCUT2D eigenvalue weighted by atomic mass is 16.5. The van der Waals surface area contributed by atoms with Crippen LogP contribution >= 0.6 is 0 Å². The number of aliphatic imine (C=N–C) groups is 3. The molecule has 0 saturated carbocycles. The van der Waals surface area contributed by atoms with Crippen molar-refractivity contribution in [2.45, 2.75) is 60.8 Å². The number of ether oxygens (including phenoxy) is 2. The number of aliphatic hydroxyl groups excluding tert-OH is 1. The third-order valence-electron chi connectivity index (χ3n) is 10.4. The van der Waals surface area contributed by atoms with Gasteiger partial charge in [0.05, 0.1) is 48.4 Å². The van der Waals surface area contributed by atoms with Gasteiger partial charge in [-0.25, -0.2) is 15.0 Å². The van der Waals surface area contributed by atoms with Gasteiger partial charge >= 0.3 is 11.9 Å². The molecule has 9 heteroatoms. The molecular weight excluding hydrogens is 580 g/mol. The lowest BCUT2D eigenvalue weighted by Crippen LogP contribution is -2.30. The van der Waals surface area contributed by atoms with E-state index in [4.69, 9.17) is 24.5 Å². The third kappa shape index (κ3) is 4.47. The van der Waals surface area contributed by atoms with E-state index in [1.165, 1.54) is 14.2 Å². The predicted octanol–water partition coefficient (Wildman–Crippen LogP) is 6.59. The standard InChI is InChI=1S/C37H40N4O5/c1-10-21-17(3)23-14-26-20(6)37(7,13-12-29(42)45-8)35(41-26)31-32(36(44)46-9)34(43)30-19(5)25(40-33(30)31)16-28-22(11-2)18(4)24(39-28)15-27(21)38-23/h10,14-16,20,32,41,43H,1,11-13H2,2-9H3/t20-,32-,37+/m1/s1. The van der Waals surface area contributed by atoms with Gasteiger partial charge in [-0.05, 0) is 74.1 Å². The number of rotatable bonds is 6. The molecule has 0 unspecified atom stereocenters. The second kappa shape index (κ2) is 11.2. The van der Waals surface area contributed by atoms with Crippen molar-refractivity contribution < 1.29 is 24.2 Å². The lowest BCUT2D eigenvalue weighted by Gasteiger charge is -2.31. The summed E-state index contributed by atoms with van der Waals surface area (Å²) in [7, 11) is 2.69. The Morgan fingerprint density at radius 3 is 2.37 bits per heavy atom. The summed E-state index contributed by atoms with van der Waals surface area (Å²) in [5, 5.41) is 15.4. The minimum Gasteiger partial charge on any atom is -0.510 e. The van der Waals surface area contributed by atoms with Crippen molar-refractivity contribution in [3.8, 4) is 0 Å². The predicted molar refractivity (Wildman–Crippen MR) is 179 cm³/mol. The van der Waals surface area contributed by atoms with E-state index in [1.54, 1.807) is 0 Å². The number of hydrogen-bond acceptors (Lipinski definition) is 9. The van der Waals surface area contributed by atoms with E-state index in [0.29, 0.717) is 34.7 Å². The number of nitrogens with one attached hydrogen (secondary N) is 1. The van der Waals surface area contributed by atoms with E-state index in [0.717, 1.165) is 62.8 Å². The fraction of sp³-hybridized carbons (Fsp3) is 0.378. The molecule has 8 bridgehead atoms. The van der Waals surface area contributed by atoms with Crippen molar-refractivity contribution in [3.05, 3.63) is 104 Å². The van der Waals surface area contributed by atoms with Gasteiger partial charge in [0.25, 0.3) is 0 Å². The van der Waals surface area contributed by atoms with E-state index in [9.17, 15) is 14.7 Å². The van der Waals surface area contributed by atoms with Crippen molar-refractivity contribution in [3.63, 3.8) is 0 Å². The summed E-state index contributed by atoms with van der Waals surface area (Å²) in [5.74, 6) is -2.22. The van der Waals surface area contributed by atoms with Gasteiger partial charge in [-0.3, -0.25) is 9.59 Å². The maximum Gasteiger partial charge on any atom is 0.321 e. The first kappa shape index (κ1) is 31.2. The monoisotopic (exact) mass is 620 g/mol. The minimum absolute atomic E-state index is 0.0949. The number of fused-ring (bicyclic) bond motifs is 5. The largest absolute Gasteiger partial charge is 0.510 e. The molecular formula is C37H40N4O5. The molecule has 5 aliphatic heterocycles. The molecule has 0 radical (unpaired) electrons.